The molecule has 0 amide bonds. The second kappa shape index (κ2) is 10.8. The molecule has 0 bridgehead atoms. The Morgan fingerprint density at radius 2 is 1.35 bits per heavy atom. The summed E-state index contributed by atoms with van der Waals surface area (Å²) in [5.41, 5.74) is -1.25. The van der Waals surface area contributed by atoms with Crippen LogP contribution in [0.5, 0.6) is 28.7 Å². The highest BCUT2D eigenvalue weighted by atomic mass is 16.4. The molecule has 13 heteroatoms. The lowest BCUT2D eigenvalue weighted by molar-refractivity contribution is -0.136. The molecule has 4 atom stereocenters. The van der Waals surface area contributed by atoms with Crippen LogP contribution in [0.15, 0.2) is 39.5 Å². The maximum Gasteiger partial charge on any atom is 0.239 e. The Balaban J connectivity index is 0.000000292. The zero-order chi connectivity index (χ0) is 25.7. The van der Waals surface area contributed by atoms with Crippen LogP contribution in [0.25, 0.3) is 22.3 Å². The molecular weight excluding hydrogens is 460 g/mol. The summed E-state index contributed by atoms with van der Waals surface area (Å²) in [6, 6.07) is 8.12. The van der Waals surface area contributed by atoms with Crippen molar-refractivity contribution in [2.45, 2.75) is 24.4 Å². The molecule has 0 spiro atoms. The van der Waals surface area contributed by atoms with E-state index in [1.54, 1.807) is 30.3 Å². The van der Waals surface area contributed by atoms with Crippen LogP contribution >= 0.6 is 0 Å². The third-order valence-corrected chi connectivity index (χ3v) is 4.67. The summed E-state index contributed by atoms with van der Waals surface area (Å²) < 4.78 is 5.28. The summed E-state index contributed by atoms with van der Waals surface area (Å²) in [6.07, 6.45) is -6.84. The molecule has 3 rings (SSSR count). The van der Waals surface area contributed by atoms with E-state index in [-0.39, 0.29) is 12.0 Å². The van der Waals surface area contributed by atoms with Crippen molar-refractivity contribution in [1.82, 2.24) is 0 Å². The largest absolute Gasteiger partial charge is 0.504 e. The topological polar surface area (TPSA) is 250 Å². The highest BCUT2D eigenvalue weighted by Gasteiger charge is 2.29. The molecule has 13 nitrogen and oxygen atoms in total. The fraction of sp³-hybridized carbons (Fsp3) is 0.238. The Kier molecular flexibility index (Phi) is 8.40. The SMILES string of the molecule is O=C[C@H](O)[C@@H](O)[C@H](O)[C@H](O)CO.O=c1c(O)c(-c2ccccc2)oc2c(O)c(O)c(O)c(O)c12. The second-order valence-electron chi connectivity index (χ2n) is 6.93. The number of aromatic hydroxyl groups is 5. The van der Waals surface area contributed by atoms with Crippen molar-refractivity contribution in [1.29, 1.82) is 0 Å². The summed E-state index contributed by atoms with van der Waals surface area (Å²) in [4.78, 5) is 22.1. The Bertz CT molecular complexity index is 1210. The number of carbonyl (C=O) groups excluding carboxylic acids is 1. The van der Waals surface area contributed by atoms with Gasteiger partial charge in [-0.3, -0.25) is 4.79 Å². The van der Waals surface area contributed by atoms with Gasteiger partial charge in [-0.15, -0.1) is 0 Å². The quantitative estimate of drug-likeness (QED) is 0.110. The van der Waals surface area contributed by atoms with Gasteiger partial charge >= 0.3 is 0 Å². The van der Waals surface area contributed by atoms with Crippen LogP contribution in [0.4, 0.5) is 0 Å². The van der Waals surface area contributed by atoms with Crippen molar-refractivity contribution in [3.63, 3.8) is 0 Å². The highest BCUT2D eigenvalue weighted by molar-refractivity contribution is 5.95. The highest BCUT2D eigenvalue weighted by Crippen LogP contribution is 2.49. The second-order valence-corrected chi connectivity index (χ2v) is 6.93. The number of fused-ring (bicyclic) bond motifs is 1. The van der Waals surface area contributed by atoms with E-state index in [1.807, 2.05) is 0 Å². The first-order valence-electron chi connectivity index (χ1n) is 9.47. The monoisotopic (exact) mass is 482 g/mol. The first kappa shape index (κ1) is 26.4. The van der Waals surface area contributed by atoms with E-state index in [0.717, 1.165) is 0 Å². The van der Waals surface area contributed by atoms with Crippen LogP contribution in [-0.2, 0) is 4.79 Å². The molecule has 0 aliphatic heterocycles. The lowest BCUT2D eigenvalue weighted by Gasteiger charge is -2.22. The van der Waals surface area contributed by atoms with Gasteiger partial charge in [0.15, 0.2) is 23.4 Å². The molecule has 0 fully saturated rings. The van der Waals surface area contributed by atoms with Gasteiger partial charge < -0.3 is 60.3 Å². The van der Waals surface area contributed by atoms with Crippen LogP contribution in [0, 0.1) is 0 Å². The van der Waals surface area contributed by atoms with Crippen LogP contribution < -0.4 is 5.43 Å². The van der Waals surface area contributed by atoms with Gasteiger partial charge in [0.05, 0.1) is 6.61 Å². The summed E-state index contributed by atoms with van der Waals surface area (Å²) >= 11 is 0. The Morgan fingerprint density at radius 3 is 1.88 bits per heavy atom. The molecule has 3 aromatic rings. The number of aliphatic hydroxyl groups is 5. The number of rotatable bonds is 6. The average Bonchev–Trinajstić information content (AvgIpc) is 2.86. The van der Waals surface area contributed by atoms with E-state index in [4.69, 9.17) is 29.9 Å². The molecule has 1 aromatic heterocycles. The van der Waals surface area contributed by atoms with E-state index in [9.17, 15) is 35.1 Å². The molecule has 0 saturated heterocycles. The first-order chi connectivity index (χ1) is 16.0. The van der Waals surface area contributed by atoms with Crippen LogP contribution in [-0.4, -0.2) is 88.4 Å². The van der Waals surface area contributed by atoms with Crippen molar-refractivity contribution in [2.24, 2.45) is 0 Å². The summed E-state index contributed by atoms with van der Waals surface area (Å²) in [5, 5.41) is 91.4. The van der Waals surface area contributed by atoms with E-state index in [2.05, 4.69) is 0 Å². The van der Waals surface area contributed by atoms with Gasteiger partial charge in [0, 0.05) is 5.56 Å². The molecule has 0 aliphatic carbocycles. The minimum Gasteiger partial charge on any atom is -0.504 e. The van der Waals surface area contributed by atoms with Crippen LogP contribution in [0.3, 0.4) is 0 Å². The van der Waals surface area contributed by atoms with Gasteiger partial charge in [-0.1, -0.05) is 30.3 Å². The molecule has 34 heavy (non-hydrogen) atoms. The van der Waals surface area contributed by atoms with Crippen molar-refractivity contribution in [3.8, 4) is 40.1 Å². The number of aldehydes is 1. The standard InChI is InChI=1S/C15H10O7.C6H12O6/c16-8-7-9(17)12(20)14(6-4-2-1-3-5-6)22-15(7)13(21)11(19)10(8)18;7-1-3(9)5(11)6(12)4(10)2-8/h1-5,16,18-21H;1,3-6,8-12H,2H2/t;3-,4+,5+,6+/m.0/s1. The molecular formula is C21H22O13. The number of phenols is 4. The average molecular weight is 482 g/mol. The van der Waals surface area contributed by atoms with Crippen LogP contribution in [0.1, 0.15) is 0 Å². The summed E-state index contributed by atoms with van der Waals surface area (Å²) in [7, 11) is 0. The third kappa shape index (κ3) is 5.03. The zero-order valence-corrected chi connectivity index (χ0v) is 17.2. The molecule has 10 N–H and O–H groups in total. The fourth-order valence-electron chi connectivity index (χ4n) is 2.76. The number of benzene rings is 2. The molecule has 0 aliphatic rings. The predicted molar refractivity (Wildman–Crippen MR) is 113 cm³/mol. The molecule has 0 saturated carbocycles. The Labute approximate surface area is 189 Å². The number of aliphatic hydroxyl groups excluding tert-OH is 5. The molecule has 0 radical (unpaired) electrons. The first-order valence-corrected chi connectivity index (χ1v) is 9.47. The van der Waals surface area contributed by atoms with Crippen molar-refractivity contribution in [3.05, 3.63) is 40.6 Å². The van der Waals surface area contributed by atoms with Gasteiger partial charge in [-0.05, 0) is 0 Å². The van der Waals surface area contributed by atoms with Gasteiger partial charge in [0.2, 0.25) is 28.4 Å². The van der Waals surface area contributed by atoms with Crippen molar-refractivity contribution >= 4 is 17.3 Å². The van der Waals surface area contributed by atoms with Gasteiger partial charge in [0.1, 0.15) is 29.8 Å². The molecule has 2 aromatic carbocycles. The molecule has 184 valence electrons. The summed E-state index contributed by atoms with van der Waals surface area (Å²) in [5.74, 6) is -5.05. The van der Waals surface area contributed by atoms with E-state index >= 15 is 0 Å². The number of hydrogen-bond acceptors (Lipinski definition) is 13. The third-order valence-electron chi connectivity index (χ3n) is 4.67. The number of phenolic OH excluding ortho intramolecular Hbond substituents is 4. The van der Waals surface area contributed by atoms with Gasteiger partial charge in [0.25, 0.3) is 0 Å². The van der Waals surface area contributed by atoms with Gasteiger partial charge in [-0.2, -0.15) is 0 Å². The van der Waals surface area contributed by atoms with E-state index in [0.29, 0.717) is 5.56 Å². The van der Waals surface area contributed by atoms with Crippen molar-refractivity contribution in [2.75, 3.05) is 6.61 Å². The van der Waals surface area contributed by atoms with E-state index in [1.165, 1.54) is 0 Å². The minimum absolute atomic E-state index is 0.0258. The lowest BCUT2D eigenvalue weighted by atomic mass is 10.0. The minimum atomic E-state index is -1.79. The van der Waals surface area contributed by atoms with E-state index < -0.39 is 76.2 Å². The van der Waals surface area contributed by atoms with Crippen LogP contribution in [0.2, 0.25) is 0 Å². The number of hydrogen-bond donors (Lipinski definition) is 10. The predicted octanol–water partition coefficient (Wildman–Crippen LogP) is -1.39. The summed E-state index contributed by atoms with van der Waals surface area (Å²) in [6.45, 7) is -0.760. The Morgan fingerprint density at radius 1 is 0.794 bits per heavy atom. The van der Waals surface area contributed by atoms with Gasteiger partial charge in [-0.25, -0.2) is 0 Å². The lowest BCUT2D eigenvalue weighted by Crippen LogP contribution is -2.46. The Hall–Kier alpha value is -3.88. The zero-order valence-electron chi connectivity index (χ0n) is 17.2. The molecule has 1 heterocycles. The fourth-order valence-corrected chi connectivity index (χ4v) is 2.76. The molecule has 0 unspecified atom stereocenters. The number of carbonyl (C=O) groups is 1. The maximum absolute atomic E-state index is 12.2. The van der Waals surface area contributed by atoms with Crippen molar-refractivity contribution < 1.29 is 60.3 Å². The maximum atomic E-state index is 12.2. The normalized spacial score (nSPS) is 14.5. The smallest absolute Gasteiger partial charge is 0.239 e.